The summed E-state index contributed by atoms with van der Waals surface area (Å²) in [5.41, 5.74) is 0.736. The molecule has 0 unspecified atom stereocenters. The van der Waals surface area contributed by atoms with Crippen LogP contribution in [0.25, 0.3) is 0 Å². The Morgan fingerprint density at radius 2 is 2.00 bits per heavy atom. The van der Waals surface area contributed by atoms with Crippen molar-refractivity contribution in [2.75, 3.05) is 0 Å². The zero-order chi connectivity index (χ0) is 12.9. The van der Waals surface area contributed by atoms with Crippen LogP contribution < -0.4 is 0 Å². The van der Waals surface area contributed by atoms with Gasteiger partial charge in [0.1, 0.15) is 5.69 Å². The Morgan fingerprint density at radius 1 is 1.22 bits per heavy atom. The molecule has 0 amide bonds. The molecule has 0 radical (unpaired) electrons. The van der Waals surface area contributed by atoms with Gasteiger partial charge in [0, 0.05) is 17.1 Å². The first kappa shape index (κ1) is 11.7. The molecule has 0 saturated heterocycles. The minimum Gasteiger partial charge on any atom is -0.292 e. The van der Waals surface area contributed by atoms with E-state index < -0.39 is 10.0 Å². The molecule has 0 atom stereocenters. The third-order valence-electron chi connectivity index (χ3n) is 2.91. The number of hydrogen-bond donors (Lipinski definition) is 0. The second-order valence-corrected chi connectivity index (χ2v) is 6.75. The Morgan fingerprint density at radius 3 is 2.78 bits per heavy atom. The van der Waals surface area contributed by atoms with Crippen LogP contribution in [0.4, 0.5) is 0 Å². The average molecular weight is 326 g/mol. The largest absolute Gasteiger partial charge is 0.292 e. The van der Waals surface area contributed by atoms with Crippen molar-refractivity contribution in [2.45, 2.75) is 11.3 Å². The predicted molar refractivity (Wildman–Crippen MR) is 69.2 cm³/mol. The molecule has 4 nitrogen and oxygen atoms in total. The fourth-order valence-electron chi connectivity index (χ4n) is 2.10. The van der Waals surface area contributed by atoms with Gasteiger partial charge in [-0.25, -0.2) is 12.4 Å². The number of hydrogen-bond acceptors (Lipinski definition) is 3. The number of ketones is 1. The summed E-state index contributed by atoms with van der Waals surface area (Å²) in [6.07, 6.45) is 1.50. The summed E-state index contributed by atoms with van der Waals surface area (Å²) in [4.78, 5) is 12.2. The van der Waals surface area contributed by atoms with Crippen LogP contribution in [-0.2, 0) is 16.4 Å². The predicted octanol–water partition coefficient (Wildman–Crippen LogP) is 2.23. The van der Waals surface area contributed by atoms with Gasteiger partial charge in [0.05, 0.1) is 4.90 Å². The third kappa shape index (κ3) is 1.56. The number of rotatable bonds is 0. The van der Waals surface area contributed by atoms with Crippen molar-refractivity contribution >= 4 is 31.7 Å². The smallest absolute Gasteiger partial charge is 0.268 e. The molecular formula is C12H8BrNO3S. The Kier molecular flexibility index (Phi) is 2.46. The van der Waals surface area contributed by atoms with Crippen LogP contribution in [0.15, 0.2) is 45.9 Å². The second-order valence-electron chi connectivity index (χ2n) is 4.05. The van der Waals surface area contributed by atoms with E-state index in [0.717, 1.165) is 8.45 Å². The molecule has 0 aliphatic carbocycles. The highest BCUT2D eigenvalue weighted by Crippen LogP contribution is 2.28. The number of nitrogens with zero attached hydrogens (tertiary/aromatic N) is 1. The monoisotopic (exact) mass is 325 g/mol. The van der Waals surface area contributed by atoms with Crippen LogP contribution in [0, 0.1) is 0 Å². The number of fused-ring (bicyclic) bond motifs is 2. The fourth-order valence-corrected chi connectivity index (χ4v) is 4.07. The molecule has 0 fully saturated rings. The molecule has 1 aromatic carbocycles. The quantitative estimate of drug-likeness (QED) is 0.746. The lowest BCUT2D eigenvalue weighted by atomic mass is 10.1. The third-order valence-corrected chi connectivity index (χ3v) is 5.19. The van der Waals surface area contributed by atoms with E-state index >= 15 is 0 Å². The Hall–Kier alpha value is -1.40. The van der Waals surface area contributed by atoms with Crippen molar-refractivity contribution in [3.8, 4) is 0 Å². The molecular weight excluding hydrogens is 318 g/mol. The topological polar surface area (TPSA) is 56.1 Å². The molecule has 0 bridgehead atoms. The van der Waals surface area contributed by atoms with Gasteiger partial charge >= 0.3 is 0 Å². The van der Waals surface area contributed by atoms with Gasteiger partial charge in [0.25, 0.3) is 10.0 Å². The van der Waals surface area contributed by atoms with Crippen molar-refractivity contribution in [2.24, 2.45) is 0 Å². The average Bonchev–Trinajstić information content (AvgIpc) is 2.75. The first-order chi connectivity index (χ1) is 8.50. The summed E-state index contributed by atoms with van der Waals surface area (Å²) >= 11 is 3.29. The lowest BCUT2D eigenvalue weighted by Gasteiger charge is -2.07. The van der Waals surface area contributed by atoms with E-state index in [-0.39, 0.29) is 22.8 Å². The van der Waals surface area contributed by atoms with Gasteiger partial charge < -0.3 is 0 Å². The highest BCUT2D eigenvalue weighted by molar-refractivity contribution is 9.10. The molecule has 0 spiro atoms. The summed E-state index contributed by atoms with van der Waals surface area (Å²) in [5.74, 6) is -0.194. The van der Waals surface area contributed by atoms with E-state index in [4.69, 9.17) is 0 Å². The van der Waals surface area contributed by atoms with Crippen LogP contribution in [0.1, 0.15) is 16.1 Å². The molecule has 92 valence electrons. The molecule has 0 saturated carbocycles. The maximum atomic E-state index is 12.4. The number of carbonyl (C=O) groups is 1. The number of Topliss-reactive ketones (excluding diaryl/α,β-unsaturated/α-hetero) is 1. The second kappa shape index (κ2) is 3.80. The molecule has 1 aliphatic rings. The van der Waals surface area contributed by atoms with Crippen LogP contribution in [0.3, 0.4) is 0 Å². The minimum absolute atomic E-state index is 0.0953. The van der Waals surface area contributed by atoms with Crippen molar-refractivity contribution in [1.29, 1.82) is 0 Å². The van der Waals surface area contributed by atoms with Crippen molar-refractivity contribution in [1.82, 2.24) is 3.97 Å². The normalized spacial score (nSPS) is 16.8. The van der Waals surface area contributed by atoms with Gasteiger partial charge in [0.2, 0.25) is 0 Å². The van der Waals surface area contributed by atoms with Crippen molar-refractivity contribution in [3.63, 3.8) is 0 Å². The molecule has 6 heteroatoms. The standard InChI is InChI=1S/C12H8BrNO3S/c13-9-3-4-12-8(6-9)7-11(15)10-2-1-5-14(10)18(12,16)17/h1-6H,7H2. The zero-order valence-corrected chi connectivity index (χ0v) is 11.5. The van der Waals surface area contributed by atoms with Gasteiger partial charge in [-0.2, -0.15) is 0 Å². The molecule has 1 aliphatic heterocycles. The Labute approximate surface area is 112 Å². The lowest BCUT2D eigenvalue weighted by Crippen LogP contribution is -2.14. The van der Waals surface area contributed by atoms with Crippen LogP contribution in [0.2, 0.25) is 0 Å². The molecule has 3 rings (SSSR count). The summed E-state index contributed by atoms with van der Waals surface area (Å²) in [5, 5.41) is 0. The maximum Gasteiger partial charge on any atom is 0.268 e. The molecule has 0 N–H and O–H groups in total. The van der Waals surface area contributed by atoms with E-state index in [1.54, 1.807) is 18.2 Å². The van der Waals surface area contributed by atoms with Gasteiger partial charge in [-0.3, -0.25) is 4.79 Å². The molecule has 2 heterocycles. The zero-order valence-electron chi connectivity index (χ0n) is 9.13. The van der Waals surface area contributed by atoms with Crippen LogP contribution in [-0.4, -0.2) is 18.2 Å². The molecule has 18 heavy (non-hydrogen) atoms. The molecule has 1 aromatic heterocycles. The van der Waals surface area contributed by atoms with Crippen LogP contribution in [0.5, 0.6) is 0 Å². The first-order valence-electron chi connectivity index (χ1n) is 5.25. The maximum absolute atomic E-state index is 12.4. The molecule has 2 aromatic rings. The van der Waals surface area contributed by atoms with Gasteiger partial charge in [0.15, 0.2) is 5.78 Å². The van der Waals surface area contributed by atoms with Crippen molar-refractivity contribution < 1.29 is 13.2 Å². The van der Waals surface area contributed by atoms with Gasteiger partial charge in [-0.05, 0) is 35.9 Å². The summed E-state index contributed by atoms with van der Waals surface area (Å²) in [6, 6.07) is 7.96. The van der Waals surface area contributed by atoms with E-state index in [1.807, 2.05) is 0 Å². The minimum atomic E-state index is -3.67. The first-order valence-corrected chi connectivity index (χ1v) is 7.48. The van der Waals surface area contributed by atoms with E-state index in [2.05, 4.69) is 15.9 Å². The highest BCUT2D eigenvalue weighted by Gasteiger charge is 2.29. The fraction of sp³-hybridized carbons (Fsp3) is 0.0833. The number of halogens is 1. The highest BCUT2D eigenvalue weighted by atomic mass is 79.9. The van der Waals surface area contributed by atoms with E-state index in [0.29, 0.717) is 5.56 Å². The Balaban J connectivity index is 2.39. The van der Waals surface area contributed by atoms with Gasteiger partial charge in [-0.1, -0.05) is 15.9 Å². The SMILES string of the molecule is O=C1Cc2cc(Br)ccc2S(=O)(=O)n2cccc21. The Bertz CT molecular complexity index is 761. The lowest BCUT2D eigenvalue weighted by molar-refractivity contribution is 0.0987. The number of aromatic nitrogens is 1. The van der Waals surface area contributed by atoms with Crippen molar-refractivity contribution in [3.05, 3.63) is 52.3 Å². The van der Waals surface area contributed by atoms with Crippen LogP contribution >= 0.6 is 15.9 Å². The van der Waals surface area contributed by atoms with E-state index in [9.17, 15) is 13.2 Å². The summed E-state index contributed by atoms with van der Waals surface area (Å²) < 4.78 is 26.7. The van der Waals surface area contributed by atoms with Gasteiger partial charge in [-0.15, -0.1) is 0 Å². The summed E-state index contributed by atoms with van der Waals surface area (Å²) in [7, 11) is -3.67. The summed E-state index contributed by atoms with van der Waals surface area (Å²) in [6.45, 7) is 0. The van der Waals surface area contributed by atoms with E-state index in [1.165, 1.54) is 18.3 Å². The number of benzene rings is 1. The number of carbonyl (C=O) groups excluding carboxylic acids is 1.